The van der Waals surface area contributed by atoms with Crippen LogP contribution in [-0.4, -0.2) is 23.7 Å². The fourth-order valence-corrected chi connectivity index (χ4v) is 2.19. The van der Waals surface area contributed by atoms with E-state index in [9.17, 15) is 0 Å². The van der Waals surface area contributed by atoms with Gasteiger partial charge in [0.15, 0.2) is 0 Å². The highest BCUT2D eigenvalue weighted by molar-refractivity contribution is 5.77. The zero-order valence-electron chi connectivity index (χ0n) is 11.5. The maximum Gasteiger partial charge on any atom is 0.201 e. The number of ether oxygens (including phenoxy) is 1. The molecule has 0 bridgehead atoms. The molecule has 0 amide bonds. The van der Waals surface area contributed by atoms with Crippen LogP contribution in [0, 0.1) is 6.92 Å². The van der Waals surface area contributed by atoms with Crippen molar-refractivity contribution < 1.29 is 9.15 Å². The van der Waals surface area contributed by atoms with Gasteiger partial charge in [0.05, 0.1) is 17.6 Å². The molecule has 1 atom stereocenters. The molecule has 0 fully saturated rings. The maximum atomic E-state index is 5.66. The monoisotopic (exact) mass is 271 g/mol. The van der Waals surface area contributed by atoms with Crippen LogP contribution in [0.5, 0.6) is 0 Å². The predicted molar refractivity (Wildman–Crippen MR) is 77.8 cm³/mol. The van der Waals surface area contributed by atoms with Crippen molar-refractivity contribution in [3.05, 3.63) is 47.9 Å². The van der Waals surface area contributed by atoms with Crippen LogP contribution in [0.3, 0.4) is 0 Å². The molecule has 5 nitrogen and oxygen atoms in total. The predicted octanol–water partition coefficient (Wildman–Crippen LogP) is 3.26. The maximum absolute atomic E-state index is 5.66. The number of aromatic amines is 1. The van der Waals surface area contributed by atoms with Crippen molar-refractivity contribution in [1.29, 1.82) is 0 Å². The van der Waals surface area contributed by atoms with E-state index in [1.54, 1.807) is 7.11 Å². The highest BCUT2D eigenvalue weighted by Gasteiger charge is 2.16. The van der Waals surface area contributed by atoms with Crippen molar-refractivity contribution in [3.63, 3.8) is 0 Å². The van der Waals surface area contributed by atoms with Gasteiger partial charge in [0.25, 0.3) is 0 Å². The van der Waals surface area contributed by atoms with Crippen LogP contribution >= 0.6 is 0 Å². The molecule has 0 spiro atoms. The van der Waals surface area contributed by atoms with Gasteiger partial charge in [0, 0.05) is 7.11 Å². The van der Waals surface area contributed by atoms with Crippen molar-refractivity contribution in [1.82, 2.24) is 9.97 Å². The second-order valence-corrected chi connectivity index (χ2v) is 4.70. The SMILES string of the molecule is COCC(Nc1nc2ccccc2[nH]1)c1ccc(C)o1. The van der Waals surface area contributed by atoms with Crippen LogP contribution in [-0.2, 0) is 4.74 Å². The van der Waals surface area contributed by atoms with E-state index in [4.69, 9.17) is 9.15 Å². The fourth-order valence-electron chi connectivity index (χ4n) is 2.19. The lowest BCUT2D eigenvalue weighted by Crippen LogP contribution is -2.16. The average molecular weight is 271 g/mol. The summed E-state index contributed by atoms with van der Waals surface area (Å²) in [6.07, 6.45) is 0. The van der Waals surface area contributed by atoms with Gasteiger partial charge in [-0.1, -0.05) is 12.1 Å². The molecule has 0 aliphatic heterocycles. The number of methoxy groups -OCH3 is 1. The summed E-state index contributed by atoms with van der Waals surface area (Å²) >= 11 is 0. The van der Waals surface area contributed by atoms with Crippen LogP contribution < -0.4 is 5.32 Å². The first-order chi connectivity index (χ1) is 9.76. The Hall–Kier alpha value is -2.27. The highest BCUT2D eigenvalue weighted by Crippen LogP contribution is 2.22. The largest absolute Gasteiger partial charge is 0.464 e. The fraction of sp³-hybridized carbons (Fsp3) is 0.267. The summed E-state index contributed by atoms with van der Waals surface area (Å²) in [6.45, 7) is 2.43. The lowest BCUT2D eigenvalue weighted by molar-refractivity contribution is 0.178. The summed E-state index contributed by atoms with van der Waals surface area (Å²) in [6, 6.07) is 11.7. The van der Waals surface area contributed by atoms with E-state index >= 15 is 0 Å². The first-order valence-electron chi connectivity index (χ1n) is 6.53. The van der Waals surface area contributed by atoms with Crippen molar-refractivity contribution in [2.24, 2.45) is 0 Å². The van der Waals surface area contributed by atoms with Crippen LogP contribution in [0.1, 0.15) is 17.6 Å². The van der Waals surface area contributed by atoms with Gasteiger partial charge < -0.3 is 19.5 Å². The van der Waals surface area contributed by atoms with Crippen LogP contribution in [0.2, 0.25) is 0 Å². The molecule has 2 N–H and O–H groups in total. The number of aryl methyl sites for hydroxylation is 1. The number of hydrogen-bond acceptors (Lipinski definition) is 4. The number of fused-ring (bicyclic) bond motifs is 1. The second kappa shape index (κ2) is 5.38. The second-order valence-electron chi connectivity index (χ2n) is 4.70. The molecule has 5 heteroatoms. The van der Waals surface area contributed by atoms with Crippen molar-refractivity contribution in [2.75, 3.05) is 19.0 Å². The minimum atomic E-state index is -0.0748. The van der Waals surface area contributed by atoms with E-state index in [-0.39, 0.29) is 6.04 Å². The topological polar surface area (TPSA) is 63.1 Å². The Morgan fingerprint density at radius 3 is 2.85 bits per heavy atom. The summed E-state index contributed by atoms with van der Waals surface area (Å²) in [5.74, 6) is 2.43. The molecular weight excluding hydrogens is 254 g/mol. The molecule has 0 saturated heterocycles. The van der Waals surface area contributed by atoms with Gasteiger partial charge in [0.2, 0.25) is 5.95 Å². The number of nitrogens with one attached hydrogen (secondary N) is 2. The number of aromatic nitrogens is 2. The molecule has 3 aromatic rings. The third kappa shape index (κ3) is 2.53. The summed E-state index contributed by atoms with van der Waals surface area (Å²) in [5, 5.41) is 3.31. The third-order valence-corrected chi connectivity index (χ3v) is 3.14. The highest BCUT2D eigenvalue weighted by atomic mass is 16.5. The Balaban J connectivity index is 1.85. The smallest absolute Gasteiger partial charge is 0.201 e. The lowest BCUT2D eigenvalue weighted by atomic mass is 10.2. The molecule has 3 rings (SSSR count). The minimum absolute atomic E-state index is 0.0748. The number of rotatable bonds is 5. The number of benzene rings is 1. The third-order valence-electron chi connectivity index (χ3n) is 3.14. The Morgan fingerprint density at radius 1 is 1.30 bits per heavy atom. The Morgan fingerprint density at radius 2 is 2.15 bits per heavy atom. The van der Waals surface area contributed by atoms with Crippen LogP contribution in [0.15, 0.2) is 40.8 Å². The summed E-state index contributed by atoms with van der Waals surface area (Å²) < 4.78 is 10.9. The number of furan rings is 1. The van der Waals surface area contributed by atoms with Gasteiger partial charge in [-0.3, -0.25) is 0 Å². The quantitative estimate of drug-likeness (QED) is 0.747. The van der Waals surface area contributed by atoms with Gasteiger partial charge >= 0.3 is 0 Å². The first-order valence-corrected chi connectivity index (χ1v) is 6.53. The summed E-state index contributed by atoms with van der Waals surface area (Å²) in [4.78, 5) is 7.74. The Labute approximate surface area is 117 Å². The number of hydrogen-bond donors (Lipinski definition) is 2. The molecule has 0 aliphatic rings. The van der Waals surface area contributed by atoms with E-state index in [1.807, 2.05) is 43.3 Å². The van der Waals surface area contributed by atoms with Gasteiger partial charge in [-0.15, -0.1) is 0 Å². The number of imidazole rings is 1. The van der Waals surface area contributed by atoms with Crippen molar-refractivity contribution in [3.8, 4) is 0 Å². The van der Waals surface area contributed by atoms with E-state index in [0.717, 1.165) is 22.6 Å². The van der Waals surface area contributed by atoms with Crippen LogP contribution in [0.4, 0.5) is 5.95 Å². The number of para-hydroxylation sites is 2. The molecule has 20 heavy (non-hydrogen) atoms. The Kier molecular flexibility index (Phi) is 3.43. The zero-order chi connectivity index (χ0) is 13.9. The molecule has 0 aliphatic carbocycles. The molecule has 104 valence electrons. The minimum Gasteiger partial charge on any atom is -0.464 e. The molecule has 1 aromatic carbocycles. The standard InChI is InChI=1S/C15H17N3O2/c1-10-7-8-14(20-10)13(9-19-2)18-15-16-11-5-3-4-6-12(11)17-15/h3-8,13H,9H2,1-2H3,(H2,16,17,18). The number of H-pyrrole nitrogens is 1. The number of anilines is 1. The first kappa shape index (κ1) is 12.7. The van der Waals surface area contributed by atoms with Gasteiger partial charge in [0.1, 0.15) is 17.6 Å². The van der Waals surface area contributed by atoms with E-state index < -0.39 is 0 Å². The normalized spacial score (nSPS) is 12.7. The average Bonchev–Trinajstić information content (AvgIpc) is 3.03. The van der Waals surface area contributed by atoms with Crippen molar-refractivity contribution >= 4 is 17.0 Å². The zero-order valence-corrected chi connectivity index (χ0v) is 11.5. The summed E-state index contributed by atoms with van der Waals surface area (Å²) in [5.41, 5.74) is 1.93. The van der Waals surface area contributed by atoms with E-state index in [2.05, 4.69) is 15.3 Å². The number of nitrogens with zero attached hydrogens (tertiary/aromatic N) is 1. The van der Waals surface area contributed by atoms with E-state index in [0.29, 0.717) is 12.6 Å². The van der Waals surface area contributed by atoms with Gasteiger partial charge in [-0.2, -0.15) is 0 Å². The molecule has 1 unspecified atom stereocenters. The van der Waals surface area contributed by atoms with Gasteiger partial charge in [-0.25, -0.2) is 4.98 Å². The summed E-state index contributed by atoms with van der Waals surface area (Å²) in [7, 11) is 1.67. The molecule has 2 aromatic heterocycles. The molecule has 2 heterocycles. The lowest BCUT2D eigenvalue weighted by Gasteiger charge is -2.14. The van der Waals surface area contributed by atoms with E-state index in [1.165, 1.54) is 0 Å². The van der Waals surface area contributed by atoms with Gasteiger partial charge in [-0.05, 0) is 31.2 Å². The van der Waals surface area contributed by atoms with Crippen LogP contribution in [0.25, 0.3) is 11.0 Å². The molecule has 0 radical (unpaired) electrons. The molecular formula is C15H17N3O2. The molecule has 0 saturated carbocycles. The van der Waals surface area contributed by atoms with Crippen molar-refractivity contribution in [2.45, 2.75) is 13.0 Å². The Bertz CT molecular complexity index is 669.